The third-order valence-corrected chi connectivity index (χ3v) is 4.62. The molecule has 2 amide bonds. The quantitative estimate of drug-likeness (QED) is 0.430. The molecule has 3 N–H and O–H groups in total. The number of amides is 2. The molecule has 0 saturated carbocycles. The summed E-state index contributed by atoms with van der Waals surface area (Å²) in [6.07, 6.45) is 1.68. The van der Waals surface area contributed by atoms with Crippen molar-refractivity contribution in [2.45, 2.75) is 38.1 Å². The van der Waals surface area contributed by atoms with Crippen LogP contribution < -0.4 is 10.6 Å². The van der Waals surface area contributed by atoms with Crippen LogP contribution in [0.5, 0.6) is 0 Å². The normalized spacial score (nSPS) is 11.5. The number of benzene rings is 2. The summed E-state index contributed by atoms with van der Waals surface area (Å²) in [5.74, 6) is -1.35. The average Bonchev–Trinajstić information content (AvgIpc) is 2.75. The third-order valence-electron chi connectivity index (χ3n) is 4.62. The number of nitrogens with one attached hydrogen (secondary N) is 2. The van der Waals surface area contributed by atoms with E-state index in [0.717, 1.165) is 17.5 Å². The third kappa shape index (κ3) is 11.0. The molecule has 7 nitrogen and oxygen atoms in total. The molecular formula is C24H30N2O5. The average molecular weight is 427 g/mol. The molecule has 0 aliphatic carbocycles. The molecule has 2 rings (SSSR count). The van der Waals surface area contributed by atoms with Gasteiger partial charge in [-0.1, -0.05) is 60.7 Å². The van der Waals surface area contributed by atoms with Crippen molar-refractivity contribution in [1.29, 1.82) is 0 Å². The topological polar surface area (TPSA) is 105 Å². The zero-order valence-corrected chi connectivity index (χ0v) is 17.6. The van der Waals surface area contributed by atoms with Crippen molar-refractivity contribution < 1.29 is 24.2 Å². The van der Waals surface area contributed by atoms with Gasteiger partial charge in [0.25, 0.3) is 0 Å². The number of hydrogen-bond acceptors (Lipinski definition) is 4. The molecule has 1 atom stereocenters. The van der Waals surface area contributed by atoms with Gasteiger partial charge in [0, 0.05) is 19.4 Å². The van der Waals surface area contributed by atoms with Gasteiger partial charge in [0.05, 0.1) is 12.6 Å². The van der Waals surface area contributed by atoms with Crippen molar-refractivity contribution in [2.24, 2.45) is 0 Å². The Balaban J connectivity index is 1.74. The van der Waals surface area contributed by atoms with Crippen LogP contribution >= 0.6 is 0 Å². The Kier molecular flexibility index (Phi) is 10.8. The van der Waals surface area contributed by atoms with E-state index in [1.807, 2.05) is 60.7 Å². The zero-order valence-electron chi connectivity index (χ0n) is 17.6. The van der Waals surface area contributed by atoms with Crippen molar-refractivity contribution in [3.05, 3.63) is 71.8 Å². The molecule has 31 heavy (non-hydrogen) atoms. The molecule has 2 aromatic carbocycles. The molecule has 2 aromatic rings. The number of carboxylic acid groups (broad SMARTS) is 1. The maximum Gasteiger partial charge on any atom is 0.303 e. The lowest BCUT2D eigenvalue weighted by molar-refractivity contribution is -0.137. The molecule has 0 spiro atoms. The highest BCUT2D eigenvalue weighted by Gasteiger charge is 2.15. The molecule has 0 aromatic heterocycles. The number of carboxylic acids is 1. The van der Waals surface area contributed by atoms with Gasteiger partial charge in [-0.3, -0.25) is 14.4 Å². The summed E-state index contributed by atoms with van der Waals surface area (Å²) in [5, 5.41) is 14.4. The smallest absolute Gasteiger partial charge is 0.303 e. The second kappa shape index (κ2) is 13.9. The van der Waals surface area contributed by atoms with Gasteiger partial charge in [-0.15, -0.1) is 0 Å². The van der Waals surface area contributed by atoms with Gasteiger partial charge in [-0.25, -0.2) is 0 Å². The van der Waals surface area contributed by atoms with Gasteiger partial charge in [0.1, 0.15) is 6.61 Å². The first-order valence-electron chi connectivity index (χ1n) is 10.5. The van der Waals surface area contributed by atoms with E-state index in [2.05, 4.69) is 10.6 Å². The predicted molar refractivity (Wildman–Crippen MR) is 118 cm³/mol. The minimum Gasteiger partial charge on any atom is -0.481 e. The van der Waals surface area contributed by atoms with Crippen LogP contribution in [0.15, 0.2) is 60.7 Å². The van der Waals surface area contributed by atoms with Gasteiger partial charge < -0.3 is 20.5 Å². The van der Waals surface area contributed by atoms with E-state index in [-0.39, 0.29) is 50.3 Å². The van der Waals surface area contributed by atoms with Crippen molar-refractivity contribution in [1.82, 2.24) is 10.6 Å². The molecule has 166 valence electrons. The summed E-state index contributed by atoms with van der Waals surface area (Å²) in [7, 11) is 0. The standard InChI is InChI=1S/C24H30N2O5/c27-22(12-7-13-24(29)30)26-21(16-20-10-5-2-6-11-20)17-31-18-23(28)25-15-14-19-8-3-1-4-9-19/h1-6,8-11,21H,7,12-18H2,(H,25,28)(H,26,27)(H,29,30). The molecule has 0 aliphatic heterocycles. The fourth-order valence-electron chi connectivity index (χ4n) is 3.09. The Morgan fingerprint density at radius 2 is 1.52 bits per heavy atom. The molecular weight excluding hydrogens is 396 g/mol. The Morgan fingerprint density at radius 3 is 2.16 bits per heavy atom. The lowest BCUT2D eigenvalue weighted by atomic mass is 10.1. The van der Waals surface area contributed by atoms with Gasteiger partial charge in [0.15, 0.2) is 0 Å². The van der Waals surface area contributed by atoms with Crippen LogP contribution in [0.1, 0.15) is 30.4 Å². The zero-order chi connectivity index (χ0) is 22.3. The lowest BCUT2D eigenvalue weighted by Crippen LogP contribution is -2.41. The van der Waals surface area contributed by atoms with Crippen LogP contribution in [0, 0.1) is 0 Å². The maximum atomic E-state index is 12.2. The van der Waals surface area contributed by atoms with E-state index < -0.39 is 5.97 Å². The van der Waals surface area contributed by atoms with E-state index in [4.69, 9.17) is 9.84 Å². The maximum absolute atomic E-state index is 12.2. The van der Waals surface area contributed by atoms with Crippen molar-refractivity contribution in [3.8, 4) is 0 Å². The Bertz CT molecular complexity index is 811. The fraction of sp³-hybridized carbons (Fsp3) is 0.375. The van der Waals surface area contributed by atoms with Crippen LogP contribution in [0.25, 0.3) is 0 Å². The number of hydrogen-bond donors (Lipinski definition) is 3. The second-order valence-corrected chi connectivity index (χ2v) is 7.30. The Morgan fingerprint density at radius 1 is 0.871 bits per heavy atom. The van der Waals surface area contributed by atoms with Crippen LogP contribution in [0.4, 0.5) is 0 Å². The molecule has 0 fully saturated rings. The summed E-state index contributed by atoms with van der Waals surface area (Å²) in [6, 6.07) is 19.3. The SMILES string of the molecule is O=C(O)CCCC(=O)NC(COCC(=O)NCCc1ccccc1)Cc1ccccc1. The van der Waals surface area contributed by atoms with Gasteiger partial charge in [0.2, 0.25) is 11.8 Å². The molecule has 0 bridgehead atoms. The Labute approximate surface area is 182 Å². The minimum atomic E-state index is -0.921. The summed E-state index contributed by atoms with van der Waals surface area (Å²) >= 11 is 0. The van der Waals surface area contributed by atoms with Crippen LogP contribution in [0.2, 0.25) is 0 Å². The highest BCUT2D eigenvalue weighted by Crippen LogP contribution is 2.05. The lowest BCUT2D eigenvalue weighted by Gasteiger charge is -2.19. The number of rotatable bonds is 14. The largest absolute Gasteiger partial charge is 0.481 e. The van der Waals surface area contributed by atoms with Crippen LogP contribution in [0.3, 0.4) is 0 Å². The molecule has 0 radical (unpaired) electrons. The van der Waals surface area contributed by atoms with Gasteiger partial charge in [-0.2, -0.15) is 0 Å². The molecule has 0 heterocycles. The molecule has 1 unspecified atom stereocenters. The number of aliphatic carboxylic acids is 1. The van der Waals surface area contributed by atoms with Gasteiger partial charge in [-0.05, 0) is 30.4 Å². The first kappa shape index (κ1) is 24.1. The first-order valence-corrected chi connectivity index (χ1v) is 10.5. The second-order valence-electron chi connectivity index (χ2n) is 7.30. The highest BCUT2D eigenvalue weighted by atomic mass is 16.5. The van der Waals surface area contributed by atoms with Crippen molar-refractivity contribution in [2.75, 3.05) is 19.8 Å². The number of carbonyl (C=O) groups is 3. The monoisotopic (exact) mass is 426 g/mol. The first-order chi connectivity index (χ1) is 15.0. The predicted octanol–water partition coefficient (Wildman–Crippen LogP) is 2.34. The highest BCUT2D eigenvalue weighted by molar-refractivity contribution is 5.77. The number of ether oxygens (including phenoxy) is 1. The number of carbonyl (C=O) groups excluding carboxylic acids is 2. The molecule has 0 saturated heterocycles. The summed E-state index contributed by atoms with van der Waals surface area (Å²) in [4.78, 5) is 34.8. The van der Waals surface area contributed by atoms with Crippen molar-refractivity contribution in [3.63, 3.8) is 0 Å². The van der Waals surface area contributed by atoms with E-state index >= 15 is 0 Å². The minimum absolute atomic E-state index is 0.0452. The van der Waals surface area contributed by atoms with Crippen LogP contribution in [-0.4, -0.2) is 48.7 Å². The summed E-state index contributed by atoms with van der Waals surface area (Å²) in [5.41, 5.74) is 2.19. The van der Waals surface area contributed by atoms with Crippen LogP contribution in [-0.2, 0) is 32.0 Å². The van der Waals surface area contributed by atoms with E-state index in [1.54, 1.807) is 0 Å². The fourth-order valence-corrected chi connectivity index (χ4v) is 3.09. The summed E-state index contributed by atoms with van der Waals surface area (Å²) in [6.45, 7) is 0.626. The van der Waals surface area contributed by atoms with E-state index in [1.165, 1.54) is 0 Å². The molecule has 0 aliphatic rings. The van der Waals surface area contributed by atoms with E-state index in [9.17, 15) is 14.4 Å². The van der Waals surface area contributed by atoms with Gasteiger partial charge >= 0.3 is 5.97 Å². The molecule has 7 heteroatoms. The van der Waals surface area contributed by atoms with Crippen molar-refractivity contribution >= 4 is 17.8 Å². The Hall–Kier alpha value is -3.19. The summed E-state index contributed by atoms with van der Waals surface area (Å²) < 4.78 is 5.56. The van der Waals surface area contributed by atoms with E-state index in [0.29, 0.717) is 13.0 Å².